The number of amides is 2. The number of ketones is 1. The van der Waals surface area contributed by atoms with E-state index in [0.29, 0.717) is 20.7 Å². The quantitative estimate of drug-likeness (QED) is 0.432. The van der Waals surface area contributed by atoms with Gasteiger partial charge in [0.25, 0.3) is 0 Å². The lowest BCUT2D eigenvalue weighted by atomic mass is 10.1. The van der Waals surface area contributed by atoms with E-state index < -0.39 is 5.25 Å². The Morgan fingerprint density at radius 3 is 2.56 bits per heavy atom. The van der Waals surface area contributed by atoms with E-state index in [9.17, 15) is 14.4 Å². The van der Waals surface area contributed by atoms with E-state index in [1.54, 1.807) is 36.1 Å². The number of carbonyl (C=O) groups excluding carboxylic acids is 3. The summed E-state index contributed by atoms with van der Waals surface area (Å²) in [6.45, 7) is 4.75. The molecule has 27 heavy (non-hydrogen) atoms. The minimum absolute atomic E-state index is 0.0446. The van der Waals surface area contributed by atoms with Crippen LogP contribution in [0, 0.1) is 0 Å². The smallest absolute Gasteiger partial charge is 0.237 e. The zero-order valence-electron chi connectivity index (χ0n) is 15.3. The van der Waals surface area contributed by atoms with Crippen LogP contribution in [-0.4, -0.2) is 39.1 Å². The van der Waals surface area contributed by atoms with Crippen LogP contribution in [0.2, 0.25) is 0 Å². The molecule has 0 aliphatic heterocycles. The third-order valence-corrected chi connectivity index (χ3v) is 6.17. The van der Waals surface area contributed by atoms with Gasteiger partial charge < -0.3 is 5.32 Å². The molecule has 1 aromatic carbocycles. The van der Waals surface area contributed by atoms with Crippen LogP contribution in [0.1, 0.15) is 44.0 Å². The van der Waals surface area contributed by atoms with Crippen LogP contribution in [0.5, 0.6) is 0 Å². The first-order valence-electron chi connectivity index (χ1n) is 8.57. The normalized spacial score (nSPS) is 14.5. The molecule has 0 saturated heterocycles. The first-order valence-corrected chi connectivity index (χ1v) is 10.3. The third-order valence-electron chi connectivity index (χ3n) is 4.06. The van der Waals surface area contributed by atoms with Crippen molar-refractivity contribution in [3.05, 3.63) is 29.8 Å². The molecule has 1 fully saturated rings. The molecule has 7 nitrogen and oxygen atoms in total. The molecule has 1 heterocycles. The Bertz CT molecular complexity index is 879. The number of para-hydroxylation sites is 1. The van der Waals surface area contributed by atoms with Crippen LogP contribution in [-0.2, 0) is 9.59 Å². The summed E-state index contributed by atoms with van der Waals surface area (Å²) in [7, 11) is 0. The molecule has 3 rings (SSSR count). The molecular weight excluding hydrogens is 384 g/mol. The SMILES string of the molecule is CC(=O)c1ccccc1NC(=O)C(C)Sc1nnc(N(C(C)=O)C2CC2)s1. The summed E-state index contributed by atoms with van der Waals surface area (Å²) < 4.78 is 0.624. The van der Waals surface area contributed by atoms with E-state index in [4.69, 9.17) is 0 Å². The highest BCUT2D eigenvalue weighted by atomic mass is 32.2. The van der Waals surface area contributed by atoms with Gasteiger partial charge >= 0.3 is 0 Å². The molecule has 1 saturated carbocycles. The Kier molecular flexibility index (Phi) is 5.91. The first kappa shape index (κ1) is 19.5. The summed E-state index contributed by atoms with van der Waals surface area (Å²) in [4.78, 5) is 37.7. The molecule has 2 aromatic rings. The molecule has 2 amide bonds. The summed E-state index contributed by atoms with van der Waals surface area (Å²) in [5.74, 6) is -0.378. The molecule has 1 aliphatic carbocycles. The fraction of sp³-hybridized carbons (Fsp3) is 0.389. The highest BCUT2D eigenvalue weighted by Crippen LogP contribution is 2.36. The maximum atomic E-state index is 12.5. The van der Waals surface area contributed by atoms with Crippen molar-refractivity contribution in [2.45, 2.75) is 49.2 Å². The van der Waals surface area contributed by atoms with Gasteiger partial charge in [-0.3, -0.25) is 19.3 Å². The topological polar surface area (TPSA) is 92.3 Å². The predicted octanol–water partition coefficient (Wildman–Crippen LogP) is 3.38. The molecule has 1 aromatic heterocycles. The van der Waals surface area contributed by atoms with Crippen molar-refractivity contribution < 1.29 is 14.4 Å². The first-order chi connectivity index (χ1) is 12.9. The van der Waals surface area contributed by atoms with Gasteiger partial charge in [-0.15, -0.1) is 10.2 Å². The molecule has 9 heteroatoms. The minimum atomic E-state index is -0.433. The molecule has 1 atom stereocenters. The second-order valence-electron chi connectivity index (χ2n) is 6.32. The van der Waals surface area contributed by atoms with E-state index in [0.717, 1.165) is 12.8 Å². The maximum absolute atomic E-state index is 12.5. The van der Waals surface area contributed by atoms with Gasteiger partial charge in [-0.2, -0.15) is 0 Å². The van der Waals surface area contributed by atoms with Gasteiger partial charge in [-0.25, -0.2) is 0 Å². The number of carbonyl (C=O) groups is 3. The monoisotopic (exact) mass is 404 g/mol. The largest absolute Gasteiger partial charge is 0.324 e. The zero-order chi connectivity index (χ0) is 19.6. The van der Waals surface area contributed by atoms with Gasteiger partial charge in [0.05, 0.1) is 10.9 Å². The van der Waals surface area contributed by atoms with Crippen LogP contribution < -0.4 is 10.2 Å². The average molecular weight is 405 g/mol. The minimum Gasteiger partial charge on any atom is -0.324 e. The molecule has 1 unspecified atom stereocenters. The van der Waals surface area contributed by atoms with Crippen LogP contribution in [0.15, 0.2) is 28.6 Å². The fourth-order valence-corrected chi connectivity index (χ4v) is 4.67. The van der Waals surface area contributed by atoms with E-state index in [1.165, 1.54) is 36.9 Å². The fourth-order valence-electron chi connectivity index (χ4n) is 2.57. The van der Waals surface area contributed by atoms with Crippen LogP contribution in [0.25, 0.3) is 0 Å². The van der Waals surface area contributed by atoms with Crippen molar-refractivity contribution >= 4 is 51.5 Å². The maximum Gasteiger partial charge on any atom is 0.237 e. The van der Waals surface area contributed by atoms with Crippen molar-refractivity contribution in [3.8, 4) is 0 Å². The van der Waals surface area contributed by atoms with Gasteiger partial charge in [-0.1, -0.05) is 35.2 Å². The number of aromatic nitrogens is 2. The van der Waals surface area contributed by atoms with Crippen molar-refractivity contribution in [2.75, 3.05) is 10.2 Å². The van der Waals surface area contributed by atoms with Crippen LogP contribution in [0.3, 0.4) is 0 Å². The Hall–Kier alpha value is -2.26. The second-order valence-corrected chi connectivity index (χ2v) is 8.87. The number of rotatable bonds is 7. The molecule has 0 spiro atoms. The number of anilines is 2. The van der Waals surface area contributed by atoms with E-state index in [1.807, 2.05) is 0 Å². The molecule has 1 aliphatic rings. The van der Waals surface area contributed by atoms with Gasteiger partial charge in [0.15, 0.2) is 10.1 Å². The van der Waals surface area contributed by atoms with Crippen molar-refractivity contribution in [1.29, 1.82) is 0 Å². The van der Waals surface area contributed by atoms with Crippen LogP contribution in [0.4, 0.5) is 10.8 Å². The third kappa shape index (κ3) is 4.72. The second kappa shape index (κ2) is 8.18. The van der Waals surface area contributed by atoms with Gasteiger partial charge in [0, 0.05) is 18.5 Å². The van der Waals surface area contributed by atoms with Gasteiger partial charge in [-0.05, 0) is 38.8 Å². The summed E-state index contributed by atoms with van der Waals surface area (Å²) in [6.07, 6.45) is 1.96. The molecule has 0 bridgehead atoms. The van der Waals surface area contributed by atoms with Crippen molar-refractivity contribution in [3.63, 3.8) is 0 Å². The Balaban J connectivity index is 1.65. The lowest BCUT2D eigenvalue weighted by Crippen LogP contribution is -2.30. The predicted molar refractivity (Wildman–Crippen MR) is 106 cm³/mol. The molecule has 142 valence electrons. The number of thioether (sulfide) groups is 1. The lowest BCUT2D eigenvalue weighted by Gasteiger charge is -2.15. The van der Waals surface area contributed by atoms with Gasteiger partial charge in [0.2, 0.25) is 16.9 Å². The molecule has 0 radical (unpaired) electrons. The number of Topliss-reactive ketones (excluding diaryl/α,β-unsaturated/α-hetero) is 1. The van der Waals surface area contributed by atoms with Crippen LogP contribution >= 0.6 is 23.1 Å². The van der Waals surface area contributed by atoms with E-state index in [-0.39, 0.29) is 23.6 Å². The van der Waals surface area contributed by atoms with Crippen molar-refractivity contribution in [2.24, 2.45) is 0 Å². The number of nitrogens with one attached hydrogen (secondary N) is 1. The summed E-state index contributed by atoms with van der Waals surface area (Å²) in [5.41, 5.74) is 0.972. The number of nitrogens with zero attached hydrogens (tertiary/aromatic N) is 3. The highest BCUT2D eigenvalue weighted by Gasteiger charge is 2.34. The Labute approximate surface area is 165 Å². The van der Waals surface area contributed by atoms with E-state index >= 15 is 0 Å². The number of hydrogen-bond donors (Lipinski definition) is 1. The zero-order valence-corrected chi connectivity index (χ0v) is 16.9. The van der Waals surface area contributed by atoms with Gasteiger partial charge in [0.1, 0.15) is 0 Å². The standard InChI is InChI=1S/C18H20N4O3S2/c1-10(23)14-6-4-5-7-15(14)19-16(25)11(2)26-18-21-20-17(27-18)22(12(3)24)13-8-9-13/h4-7,11,13H,8-9H2,1-3H3,(H,19,25). The summed E-state index contributed by atoms with van der Waals surface area (Å²) in [5, 5.41) is 11.2. The Morgan fingerprint density at radius 1 is 1.22 bits per heavy atom. The summed E-state index contributed by atoms with van der Waals surface area (Å²) >= 11 is 2.59. The Morgan fingerprint density at radius 2 is 1.93 bits per heavy atom. The molecule has 1 N–H and O–H groups in total. The number of hydrogen-bond acceptors (Lipinski definition) is 7. The molecular formula is C18H20N4O3S2. The van der Waals surface area contributed by atoms with Crippen molar-refractivity contribution in [1.82, 2.24) is 10.2 Å². The lowest BCUT2D eigenvalue weighted by molar-refractivity contribution is -0.117. The highest BCUT2D eigenvalue weighted by molar-refractivity contribution is 8.02. The van der Waals surface area contributed by atoms with E-state index in [2.05, 4.69) is 15.5 Å². The number of benzene rings is 1. The average Bonchev–Trinajstić information content (AvgIpc) is 3.34. The summed E-state index contributed by atoms with van der Waals surface area (Å²) in [6, 6.07) is 7.13.